The fourth-order valence-electron chi connectivity index (χ4n) is 6.41. The van der Waals surface area contributed by atoms with E-state index in [0.717, 1.165) is 18.9 Å². The summed E-state index contributed by atoms with van der Waals surface area (Å²) < 4.78 is 60.8. The van der Waals surface area contributed by atoms with Crippen LogP contribution in [-0.2, 0) is 10.0 Å². The third-order valence-corrected chi connectivity index (χ3v) is 10.9. The fourth-order valence-corrected chi connectivity index (χ4v) is 8.47. The van der Waals surface area contributed by atoms with Gasteiger partial charge in [0.2, 0.25) is 10.0 Å². The molecule has 1 N–H and O–H groups in total. The largest absolute Gasteiger partial charge is 0.478 e. The highest BCUT2D eigenvalue weighted by molar-refractivity contribution is 7.90. The van der Waals surface area contributed by atoms with E-state index in [1.165, 1.54) is 46.4 Å². The summed E-state index contributed by atoms with van der Waals surface area (Å²) >= 11 is 0. The lowest BCUT2D eigenvalue weighted by Gasteiger charge is -2.27. The molecule has 0 aliphatic heterocycles. The number of hydrogen-bond acceptors (Lipinski definition) is 5. The average molecular weight is 636 g/mol. The van der Waals surface area contributed by atoms with Crippen molar-refractivity contribution in [3.63, 3.8) is 0 Å². The molecule has 1 fully saturated rings. The lowest BCUT2D eigenvalue weighted by atomic mass is 9.90. The van der Waals surface area contributed by atoms with Crippen LogP contribution in [0.5, 0.6) is 0 Å². The molecule has 4 aromatic carbocycles. The lowest BCUT2D eigenvalue weighted by molar-refractivity contribution is 0.0696. The molecule has 0 spiro atoms. The number of carbonyl (C=O) groups is 1. The van der Waals surface area contributed by atoms with Crippen LogP contribution in [0.3, 0.4) is 0 Å². The summed E-state index contributed by atoms with van der Waals surface area (Å²) in [5.74, 6) is -2.34. The standard InChI is InChI=1S/C36H27F2N3O4S/c1-21-8-12-28(13-9-21)46(44,45)41-32-15-11-27(37)18-30(32)34(33-25(19-39)6-3-7-26(33)20-40)35(41)23-5-2-4-22(16-23)29-14-10-24(36(42)43)17-31(29)38/h2-7,10-11,14-18,21,28H,8-9,12-13H2,1H3,(H,42,43). The van der Waals surface area contributed by atoms with Crippen molar-refractivity contribution in [3.05, 3.63) is 107 Å². The maximum atomic E-state index is 15.2. The van der Waals surface area contributed by atoms with Gasteiger partial charge in [0.25, 0.3) is 0 Å². The number of nitriles is 2. The van der Waals surface area contributed by atoms with Crippen molar-refractivity contribution in [1.82, 2.24) is 3.97 Å². The Morgan fingerprint density at radius 3 is 2.13 bits per heavy atom. The molecular weight excluding hydrogens is 608 g/mol. The third kappa shape index (κ3) is 5.21. The van der Waals surface area contributed by atoms with Gasteiger partial charge in [0.1, 0.15) is 11.6 Å². The molecule has 1 aromatic heterocycles. The minimum Gasteiger partial charge on any atom is -0.478 e. The van der Waals surface area contributed by atoms with E-state index in [4.69, 9.17) is 0 Å². The summed E-state index contributed by atoms with van der Waals surface area (Å²) in [6.45, 7) is 2.08. The Labute approximate surface area is 264 Å². The van der Waals surface area contributed by atoms with Gasteiger partial charge in [-0.3, -0.25) is 0 Å². The molecule has 1 heterocycles. The molecule has 230 valence electrons. The molecule has 46 heavy (non-hydrogen) atoms. The topological polar surface area (TPSA) is 124 Å². The molecule has 10 heteroatoms. The smallest absolute Gasteiger partial charge is 0.335 e. The van der Waals surface area contributed by atoms with E-state index in [0.29, 0.717) is 29.9 Å². The molecular formula is C36H27F2N3O4S. The molecule has 0 unspecified atom stereocenters. The van der Waals surface area contributed by atoms with Crippen LogP contribution in [0.25, 0.3) is 44.4 Å². The molecule has 0 amide bonds. The predicted molar refractivity (Wildman–Crippen MR) is 170 cm³/mol. The first-order valence-corrected chi connectivity index (χ1v) is 16.2. The molecule has 1 aliphatic carbocycles. The maximum Gasteiger partial charge on any atom is 0.335 e. The van der Waals surface area contributed by atoms with E-state index < -0.39 is 32.9 Å². The molecule has 1 aliphatic rings. The number of fused-ring (bicyclic) bond motifs is 1. The Morgan fingerprint density at radius 1 is 0.848 bits per heavy atom. The first-order chi connectivity index (χ1) is 22.0. The zero-order valence-electron chi connectivity index (χ0n) is 24.7. The number of rotatable bonds is 6. The molecule has 1 saturated carbocycles. The lowest BCUT2D eigenvalue weighted by Crippen LogP contribution is -2.31. The molecule has 5 aromatic rings. The van der Waals surface area contributed by atoms with E-state index in [-0.39, 0.29) is 50.0 Å². The maximum absolute atomic E-state index is 15.2. The Kier molecular flexibility index (Phi) is 7.93. The SMILES string of the molecule is CC1CCC(S(=O)(=O)n2c(-c3cccc(-c4ccc(C(=O)O)cc4F)c3)c(-c3c(C#N)cccc3C#N)c3cc(F)ccc32)CC1. The summed E-state index contributed by atoms with van der Waals surface area (Å²) in [6.07, 6.45) is 2.30. The highest BCUT2D eigenvalue weighted by atomic mass is 32.2. The van der Waals surface area contributed by atoms with Crippen LogP contribution in [-0.4, -0.2) is 28.7 Å². The van der Waals surface area contributed by atoms with Crippen molar-refractivity contribution < 1.29 is 27.1 Å². The Hall–Kier alpha value is -5.32. The van der Waals surface area contributed by atoms with E-state index in [9.17, 15) is 33.2 Å². The second-order valence-corrected chi connectivity index (χ2v) is 13.7. The fraction of sp³-hybridized carbons (Fsp3) is 0.194. The van der Waals surface area contributed by atoms with Crippen LogP contribution in [0, 0.1) is 40.2 Å². The van der Waals surface area contributed by atoms with Gasteiger partial charge in [0.05, 0.1) is 45.3 Å². The van der Waals surface area contributed by atoms with Crippen molar-refractivity contribution in [2.24, 2.45) is 5.92 Å². The third-order valence-electron chi connectivity index (χ3n) is 8.74. The van der Waals surface area contributed by atoms with E-state index >= 15 is 4.39 Å². The zero-order valence-corrected chi connectivity index (χ0v) is 25.5. The number of carboxylic acids is 1. The predicted octanol–water partition coefficient (Wildman–Crippen LogP) is 8.12. The van der Waals surface area contributed by atoms with Crippen molar-refractivity contribution in [1.29, 1.82) is 10.5 Å². The first-order valence-electron chi connectivity index (χ1n) is 14.7. The van der Waals surface area contributed by atoms with E-state index in [2.05, 4.69) is 19.1 Å². The number of halogens is 2. The van der Waals surface area contributed by atoms with Crippen LogP contribution in [0.2, 0.25) is 0 Å². The highest BCUT2D eigenvalue weighted by Gasteiger charge is 2.36. The first kappa shape index (κ1) is 30.7. The van der Waals surface area contributed by atoms with Crippen LogP contribution in [0.4, 0.5) is 8.78 Å². The van der Waals surface area contributed by atoms with Crippen LogP contribution < -0.4 is 0 Å². The van der Waals surface area contributed by atoms with Gasteiger partial charge in [-0.1, -0.05) is 37.3 Å². The Morgan fingerprint density at radius 2 is 1.50 bits per heavy atom. The number of nitrogens with zero attached hydrogens (tertiary/aromatic N) is 3. The van der Waals surface area contributed by atoms with Gasteiger partial charge in [-0.15, -0.1) is 0 Å². The second kappa shape index (κ2) is 11.9. The average Bonchev–Trinajstić information content (AvgIpc) is 3.39. The van der Waals surface area contributed by atoms with Gasteiger partial charge in [0.15, 0.2) is 0 Å². The van der Waals surface area contributed by atoms with Crippen LogP contribution >= 0.6 is 0 Å². The van der Waals surface area contributed by atoms with Crippen molar-refractivity contribution >= 4 is 26.9 Å². The number of carboxylic acid groups (broad SMARTS) is 1. The zero-order chi connectivity index (χ0) is 32.7. The minimum absolute atomic E-state index is 0.0846. The van der Waals surface area contributed by atoms with E-state index in [1.807, 2.05) is 0 Å². The van der Waals surface area contributed by atoms with Crippen LogP contribution in [0.1, 0.15) is 54.1 Å². The number of benzene rings is 4. The van der Waals surface area contributed by atoms with Crippen molar-refractivity contribution in [3.8, 4) is 45.6 Å². The van der Waals surface area contributed by atoms with Gasteiger partial charge < -0.3 is 5.11 Å². The van der Waals surface area contributed by atoms with Gasteiger partial charge in [0, 0.05) is 27.6 Å². The number of hydrogen-bond donors (Lipinski definition) is 1. The second-order valence-electron chi connectivity index (χ2n) is 11.6. The summed E-state index contributed by atoms with van der Waals surface area (Å²) in [7, 11) is -4.14. The number of aromatic carboxylic acids is 1. The van der Waals surface area contributed by atoms with Gasteiger partial charge >= 0.3 is 5.97 Å². The van der Waals surface area contributed by atoms with Crippen LogP contribution in [0.15, 0.2) is 78.9 Å². The Bertz CT molecular complexity index is 2210. The molecule has 0 radical (unpaired) electrons. The molecule has 0 bridgehead atoms. The van der Waals surface area contributed by atoms with Gasteiger partial charge in [-0.2, -0.15) is 10.5 Å². The normalized spacial score (nSPS) is 16.5. The van der Waals surface area contributed by atoms with Crippen molar-refractivity contribution in [2.45, 2.75) is 37.9 Å². The monoisotopic (exact) mass is 635 g/mol. The summed E-state index contributed by atoms with van der Waals surface area (Å²) in [4.78, 5) is 11.4. The summed E-state index contributed by atoms with van der Waals surface area (Å²) in [5, 5.41) is 29.0. The minimum atomic E-state index is -4.14. The Balaban J connectivity index is 1.73. The molecule has 7 nitrogen and oxygen atoms in total. The molecule has 0 saturated heterocycles. The van der Waals surface area contributed by atoms with Gasteiger partial charge in [-0.25, -0.2) is 26.0 Å². The highest BCUT2D eigenvalue weighted by Crippen LogP contribution is 2.46. The molecule has 6 rings (SSSR count). The van der Waals surface area contributed by atoms with Crippen molar-refractivity contribution in [2.75, 3.05) is 0 Å². The summed E-state index contributed by atoms with van der Waals surface area (Å²) in [5.41, 5.74) is 1.34. The quantitative estimate of drug-likeness (QED) is 0.201. The number of aromatic nitrogens is 1. The van der Waals surface area contributed by atoms with E-state index in [1.54, 1.807) is 30.3 Å². The summed E-state index contributed by atoms with van der Waals surface area (Å²) in [6, 6.07) is 22.5. The molecule has 0 atom stereocenters. The van der Waals surface area contributed by atoms with Gasteiger partial charge in [-0.05, 0) is 85.7 Å².